The molecule has 186 valence electrons. The van der Waals surface area contributed by atoms with Gasteiger partial charge in [-0.25, -0.2) is 4.79 Å². The molecule has 4 aromatic rings. The van der Waals surface area contributed by atoms with E-state index in [1.807, 2.05) is 92.0 Å². The first-order valence-corrected chi connectivity index (χ1v) is 12.0. The predicted molar refractivity (Wildman–Crippen MR) is 140 cm³/mol. The minimum atomic E-state index is -0.792. The fraction of sp³-hybridized carbons (Fsp3) is 0.241. The summed E-state index contributed by atoms with van der Waals surface area (Å²) in [7, 11) is 1.73. The Morgan fingerprint density at radius 2 is 1.67 bits per heavy atom. The fourth-order valence-corrected chi connectivity index (χ4v) is 4.10. The minimum Gasteiger partial charge on any atom is -0.494 e. The summed E-state index contributed by atoms with van der Waals surface area (Å²) in [6, 6.07) is 24.2. The number of nitrogens with zero attached hydrogens (tertiary/aromatic N) is 1. The van der Waals surface area contributed by atoms with E-state index in [-0.39, 0.29) is 12.5 Å². The van der Waals surface area contributed by atoms with E-state index in [0.29, 0.717) is 19.6 Å². The van der Waals surface area contributed by atoms with E-state index >= 15 is 0 Å². The van der Waals surface area contributed by atoms with Crippen molar-refractivity contribution in [3.05, 3.63) is 102 Å². The number of carbonyl (C=O) groups is 2. The molecule has 4 rings (SSSR count). The maximum absolute atomic E-state index is 13.5. The summed E-state index contributed by atoms with van der Waals surface area (Å²) in [6.07, 6.45) is 1.58. The smallest absolute Gasteiger partial charge is 0.408 e. The van der Waals surface area contributed by atoms with E-state index in [0.717, 1.165) is 33.3 Å². The standard InChI is InChI=1S/C29H31N3O4/c1-3-35-24-15-13-21(14-16-24)19-32(2)28(33)27(17-23-18-30-26-12-8-7-11-25(23)26)31-29(34)36-20-22-9-5-4-6-10-22/h4-16,18,27,30H,3,17,19-20H2,1-2H3,(H,31,34)/t27-/m0/s1. The van der Waals surface area contributed by atoms with Crippen LogP contribution < -0.4 is 10.1 Å². The van der Waals surface area contributed by atoms with Crippen molar-refractivity contribution in [1.82, 2.24) is 15.2 Å². The number of likely N-dealkylation sites (N-methyl/N-ethyl adjacent to an activating group) is 1. The van der Waals surface area contributed by atoms with Crippen molar-refractivity contribution in [1.29, 1.82) is 0 Å². The van der Waals surface area contributed by atoms with Gasteiger partial charge in [0.05, 0.1) is 6.61 Å². The number of carbonyl (C=O) groups excluding carboxylic acids is 2. The Hall–Kier alpha value is -4.26. The van der Waals surface area contributed by atoms with E-state index in [1.54, 1.807) is 11.9 Å². The summed E-state index contributed by atoms with van der Waals surface area (Å²) in [5.41, 5.74) is 3.77. The summed E-state index contributed by atoms with van der Waals surface area (Å²) >= 11 is 0. The number of alkyl carbamates (subject to hydrolysis) is 1. The van der Waals surface area contributed by atoms with E-state index in [1.165, 1.54) is 0 Å². The van der Waals surface area contributed by atoms with Gasteiger partial charge in [-0.05, 0) is 41.8 Å². The molecule has 0 unspecified atom stereocenters. The Morgan fingerprint density at radius 1 is 0.944 bits per heavy atom. The topological polar surface area (TPSA) is 83.7 Å². The molecule has 0 fully saturated rings. The number of para-hydroxylation sites is 1. The number of H-pyrrole nitrogens is 1. The van der Waals surface area contributed by atoms with Crippen molar-refractivity contribution in [3.8, 4) is 5.75 Å². The first-order valence-electron chi connectivity index (χ1n) is 12.0. The molecular weight excluding hydrogens is 454 g/mol. The van der Waals surface area contributed by atoms with Crippen LogP contribution in [0.2, 0.25) is 0 Å². The lowest BCUT2D eigenvalue weighted by molar-refractivity contribution is -0.132. The Bertz CT molecular complexity index is 1280. The predicted octanol–water partition coefficient (Wildman–Crippen LogP) is 5.06. The van der Waals surface area contributed by atoms with Gasteiger partial charge in [-0.3, -0.25) is 4.79 Å². The van der Waals surface area contributed by atoms with Crippen molar-refractivity contribution in [2.45, 2.75) is 32.5 Å². The fourth-order valence-electron chi connectivity index (χ4n) is 4.10. The van der Waals surface area contributed by atoms with E-state index in [2.05, 4.69) is 10.3 Å². The molecule has 0 bridgehead atoms. The van der Waals surface area contributed by atoms with E-state index in [9.17, 15) is 9.59 Å². The Morgan fingerprint density at radius 3 is 2.42 bits per heavy atom. The molecule has 0 radical (unpaired) electrons. The van der Waals surface area contributed by atoms with E-state index < -0.39 is 12.1 Å². The molecule has 1 aromatic heterocycles. The molecule has 1 atom stereocenters. The lowest BCUT2D eigenvalue weighted by Crippen LogP contribution is -2.48. The number of fused-ring (bicyclic) bond motifs is 1. The van der Waals surface area contributed by atoms with Crippen molar-refractivity contribution in [2.24, 2.45) is 0 Å². The van der Waals surface area contributed by atoms with Gasteiger partial charge in [0.25, 0.3) is 0 Å². The van der Waals surface area contributed by atoms with Gasteiger partial charge in [0.1, 0.15) is 18.4 Å². The third kappa shape index (κ3) is 6.44. The van der Waals surface area contributed by atoms with Crippen LogP contribution in [-0.4, -0.2) is 41.6 Å². The second-order valence-electron chi connectivity index (χ2n) is 8.59. The molecule has 1 heterocycles. The number of hydrogen-bond acceptors (Lipinski definition) is 4. The first-order chi connectivity index (χ1) is 17.5. The number of benzene rings is 3. The summed E-state index contributed by atoms with van der Waals surface area (Å²) < 4.78 is 10.9. The molecule has 0 spiro atoms. The van der Waals surface area contributed by atoms with Gasteiger partial charge < -0.3 is 24.7 Å². The summed E-state index contributed by atoms with van der Waals surface area (Å²) in [6.45, 7) is 3.06. The molecule has 36 heavy (non-hydrogen) atoms. The summed E-state index contributed by atoms with van der Waals surface area (Å²) in [5, 5.41) is 3.81. The van der Waals surface area contributed by atoms with Gasteiger partial charge in [0.2, 0.25) is 5.91 Å². The average Bonchev–Trinajstić information content (AvgIpc) is 3.31. The maximum atomic E-state index is 13.5. The quantitative estimate of drug-likeness (QED) is 0.329. The van der Waals surface area contributed by atoms with Crippen LogP contribution in [0.3, 0.4) is 0 Å². The number of ether oxygens (including phenoxy) is 2. The molecule has 0 aliphatic carbocycles. The van der Waals surface area contributed by atoms with Crippen LogP contribution in [0, 0.1) is 0 Å². The van der Waals surface area contributed by atoms with Gasteiger partial charge in [-0.1, -0.05) is 60.7 Å². The number of nitrogens with one attached hydrogen (secondary N) is 2. The number of aromatic amines is 1. The van der Waals surface area contributed by atoms with Gasteiger partial charge in [0, 0.05) is 37.1 Å². The third-order valence-electron chi connectivity index (χ3n) is 5.93. The zero-order valence-corrected chi connectivity index (χ0v) is 20.6. The SMILES string of the molecule is CCOc1ccc(CN(C)C(=O)[C@H](Cc2c[nH]c3ccccc23)NC(=O)OCc2ccccc2)cc1. The van der Waals surface area contributed by atoms with Crippen LogP contribution >= 0.6 is 0 Å². The van der Waals surface area contributed by atoms with Crippen molar-refractivity contribution in [3.63, 3.8) is 0 Å². The zero-order chi connectivity index (χ0) is 25.3. The number of aromatic nitrogens is 1. The highest BCUT2D eigenvalue weighted by atomic mass is 16.5. The largest absolute Gasteiger partial charge is 0.494 e. The minimum absolute atomic E-state index is 0.128. The molecule has 0 saturated carbocycles. The molecule has 0 saturated heterocycles. The van der Waals surface area contributed by atoms with Gasteiger partial charge in [0.15, 0.2) is 0 Å². The van der Waals surface area contributed by atoms with Crippen LogP contribution in [0.5, 0.6) is 5.75 Å². The molecule has 3 aromatic carbocycles. The highest BCUT2D eigenvalue weighted by Crippen LogP contribution is 2.20. The normalized spacial score (nSPS) is 11.6. The number of rotatable bonds is 10. The Balaban J connectivity index is 1.47. The number of amides is 2. The molecule has 0 aliphatic heterocycles. The molecule has 0 aliphatic rings. The van der Waals surface area contributed by atoms with Gasteiger partial charge in [-0.2, -0.15) is 0 Å². The maximum Gasteiger partial charge on any atom is 0.408 e. The van der Waals surface area contributed by atoms with Crippen LogP contribution in [0.15, 0.2) is 85.1 Å². The molecular formula is C29H31N3O4. The van der Waals surface area contributed by atoms with Crippen LogP contribution in [0.4, 0.5) is 4.79 Å². The second-order valence-corrected chi connectivity index (χ2v) is 8.59. The molecule has 2 amide bonds. The van der Waals surface area contributed by atoms with Crippen molar-refractivity contribution < 1.29 is 19.1 Å². The lowest BCUT2D eigenvalue weighted by Gasteiger charge is -2.24. The van der Waals surface area contributed by atoms with Crippen molar-refractivity contribution in [2.75, 3.05) is 13.7 Å². The van der Waals surface area contributed by atoms with Crippen LogP contribution in [0.1, 0.15) is 23.6 Å². The molecule has 7 nitrogen and oxygen atoms in total. The average molecular weight is 486 g/mol. The number of hydrogen-bond donors (Lipinski definition) is 2. The van der Waals surface area contributed by atoms with E-state index in [4.69, 9.17) is 9.47 Å². The van der Waals surface area contributed by atoms with Crippen molar-refractivity contribution >= 4 is 22.9 Å². The third-order valence-corrected chi connectivity index (χ3v) is 5.93. The molecule has 7 heteroatoms. The van der Waals surface area contributed by atoms with Crippen LogP contribution in [0.25, 0.3) is 10.9 Å². The zero-order valence-electron chi connectivity index (χ0n) is 20.6. The van der Waals surface area contributed by atoms with Gasteiger partial charge >= 0.3 is 6.09 Å². The summed E-state index contributed by atoms with van der Waals surface area (Å²) in [4.78, 5) is 31.0. The lowest BCUT2D eigenvalue weighted by atomic mass is 10.0. The highest BCUT2D eigenvalue weighted by molar-refractivity contribution is 5.88. The Labute approximate surface area is 211 Å². The summed E-state index contributed by atoms with van der Waals surface area (Å²) in [5.74, 6) is 0.584. The van der Waals surface area contributed by atoms with Crippen LogP contribution in [-0.2, 0) is 29.1 Å². The molecule has 2 N–H and O–H groups in total. The Kier molecular flexibility index (Phi) is 8.24. The van der Waals surface area contributed by atoms with Gasteiger partial charge in [-0.15, -0.1) is 0 Å². The first kappa shape index (κ1) is 24.9. The monoisotopic (exact) mass is 485 g/mol. The highest BCUT2D eigenvalue weighted by Gasteiger charge is 2.26. The second kappa shape index (κ2) is 11.9.